The summed E-state index contributed by atoms with van der Waals surface area (Å²) < 4.78 is 0. The zero-order chi connectivity index (χ0) is 14.5. The fourth-order valence-electron chi connectivity index (χ4n) is 1.21. The van der Waals surface area contributed by atoms with Crippen LogP contribution in [0.5, 0.6) is 0 Å². The molecule has 0 rings (SSSR count). The Morgan fingerprint density at radius 2 is 1.68 bits per heavy atom. The molecule has 0 aromatic heterocycles. The second-order valence-electron chi connectivity index (χ2n) is 4.13. The number of oxime groups is 1. The highest BCUT2D eigenvalue weighted by Crippen LogP contribution is 1.98. The monoisotopic (exact) mass is 273 g/mol. The van der Waals surface area contributed by atoms with Gasteiger partial charge in [-0.05, 0) is 26.2 Å². The molecule has 0 bridgehead atoms. The Hall–Kier alpha value is -1.79. The van der Waals surface area contributed by atoms with E-state index in [2.05, 4.69) is 20.6 Å². The van der Waals surface area contributed by atoms with Crippen LogP contribution in [0.4, 0.5) is 9.59 Å². The van der Waals surface area contributed by atoms with Crippen molar-refractivity contribution in [2.45, 2.75) is 46.0 Å². The summed E-state index contributed by atoms with van der Waals surface area (Å²) in [5.41, 5.74) is 0.765. The van der Waals surface area contributed by atoms with Gasteiger partial charge in [0.05, 0.1) is 5.71 Å². The van der Waals surface area contributed by atoms with E-state index in [0.29, 0.717) is 13.1 Å². The molecule has 0 unspecified atom stereocenters. The van der Waals surface area contributed by atoms with Gasteiger partial charge in [-0.2, -0.15) is 0 Å². The quantitative estimate of drug-likeness (QED) is 0.260. The summed E-state index contributed by atoms with van der Waals surface area (Å²) in [6.45, 7) is 4.72. The highest BCUT2D eigenvalue weighted by molar-refractivity contribution is 5.81. The minimum Gasteiger partial charge on any atom is -0.465 e. The van der Waals surface area contributed by atoms with Crippen molar-refractivity contribution in [2.75, 3.05) is 13.1 Å². The summed E-state index contributed by atoms with van der Waals surface area (Å²) in [5.74, 6) is 0. The van der Waals surface area contributed by atoms with Crippen LogP contribution >= 0.6 is 0 Å². The average Bonchev–Trinajstić information content (AvgIpc) is 2.38. The average molecular weight is 273 g/mol. The lowest BCUT2D eigenvalue weighted by atomic mass is 10.2. The van der Waals surface area contributed by atoms with Gasteiger partial charge in [-0.1, -0.05) is 24.9 Å². The van der Waals surface area contributed by atoms with Gasteiger partial charge in [0.25, 0.3) is 0 Å². The van der Waals surface area contributed by atoms with Crippen molar-refractivity contribution in [3.05, 3.63) is 0 Å². The lowest BCUT2D eigenvalue weighted by molar-refractivity contribution is 0.150. The molecular weight excluding hydrogens is 250 g/mol. The lowest BCUT2D eigenvalue weighted by Gasteiger charge is -2.04. The third-order valence-corrected chi connectivity index (χ3v) is 2.45. The van der Waals surface area contributed by atoms with E-state index in [4.69, 9.17) is 5.11 Å². The highest BCUT2D eigenvalue weighted by atomic mass is 16.7. The van der Waals surface area contributed by atoms with Crippen molar-refractivity contribution < 1.29 is 19.5 Å². The van der Waals surface area contributed by atoms with Crippen LogP contribution in [0.2, 0.25) is 0 Å². The van der Waals surface area contributed by atoms with Gasteiger partial charge < -0.3 is 15.7 Å². The zero-order valence-electron chi connectivity index (χ0n) is 11.6. The fraction of sp³-hybridized carbons (Fsp3) is 0.750. The van der Waals surface area contributed by atoms with Gasteiger partial charge in [0, 0.05) is 13.1 Å². The number of carboxylic acid groups (broad SMARTS) is 1. The number of hydrogen-bond acceptors (Lipinski definition) is 4. The number of amides is 2. The smallest absolute Gasteiger partial charge is 0.433 e. The van der Waals surface area contributed by atoms with E-state index in [1.165, 1.54) is 0 Å². The van der Waals surface area contributed by atoms with Crippen LogP contribution in [0.25, 0.3) is 0 Å². The van der Waals surface area contributed by atoms with Crippen LogP contribution in [-0.2, 0) is 4.84 Å². The molecule has 0 heterocycles. The van der Waals surface area contributed by atoms with E-state index in [9.17, 15) is 9.59 Å². The molecule has 0 fully saturated rings. The molecule has 0 aliphatic heterocycles. The van der Waals surface area contributed by atoms with Gasteiger partial charge in [-0.15, -0.1) is 0 Å². The van der Waals surface area contributed by atoms with Gasteiger partial charge in [-0.3, -0.25) is 4.84 Å². The molecule has 0 aliphatic carbocycles. The topological polar surface area (TPSA) is 100 Å². The fourth-order valence-corrected chi connectivity index (χ4v) is 1.21. The Labute approximate surface area is 113 Å². The highest BCUT2D eigenvalue weighted by Gasteiger charge is 2.00. The number of rotatable bonds is 9. The summed E-state index contributed by atoms with van der Waals surface area (Å²) >= 11 is 0. The van der Waals surface area contributed by atoms with Crippen molar-refractivity contribution in [3.63, 3.8) is 0 Å². The standard InChI is InChI=1S/C12H23N3O4/c1-3-10(2)15-19-12(18)14-9-7-5-4-6-8-13-11(16)17/h13H,3-9H2,1-2H3,(H,14,18)(H,16,17). The number of nitrogens with zero attached hydrogens (tertiary/aromatic N) is 1. The summed E-state index contributed by atoms with van der Waals surface area (Å²) in [6, 6.07) is 0. The first kappa shape index (κ1) is 17.2. The summed E-state index contributed by atoms with van der Waals surface area (Å²) in [7, 11) is 0. The Balaban J connectivity index is 3.34. The molecule has 7 nitrogen and oxygen atoms in total. The van der Waals surface area contributed by atoms with Gasteiger partial charge in [0.1, 0.15) is 0 Å². The van der Waals surface area contributed by atoms with Crippen LogP contribution < -0.4 is 10.6 Å². The van der Waals surface area contributed by atoms with E-state index < -0.39 is 12.2 Å². The Kier molecular flexibility index (Phi) is 10.2. The van der Waals surface area contributed by atoms with Gasteiger partial charge >= 0.3 is 12.2 Å². The van der Waals surface area contributed by atoms with E-state index >= 15 is 0 Å². The second-order valence-corrected chi connectivity index (χ2v) is 4.13. The third-order valence-electron chi connectivity index (χ3n) is 2.45. The predicted molar refractivity (Wildman–Crippen MR) is 72.4 cm³/mol. The molecule has 0 aliphatic rings. The molecule has 0 aromatic carbocycles. The maximum absolute atomic E-state index is 11.2. The van der Waals surface area contributed by atoms with Crippen LogP contribution in [0.15, 0.2) is 5.16 Å². The summed E-state index contributed by atoms with van der Waals surface area (Å²) in [6.07, 6.45) is 2.70. The minimum atomic E-state index is -0.993. The minimum absolute atomic E-state index is 0.468. The van der Waals surface area contributed by atoms with Gasteiger partial charge in [0.2, 0.25) is 0 Å². The molecule has 0 saturated carbocycles. The van der Waals surface area contributed by atoms with E-state index in [1.54, 1.807) is 6.92 Å². The molecule has 0 radical (unpaired) electrons. The van der Waals surface area contributed by atoms with Crippen molar-refractivity contribution in [3.8, 4) is 0 Å². The Bertz CT molecular complexity index is 305. The lowest BCUT2D eigenvalue weighted by Crippen LogP contribution is -2.24. The molecule has 0 spiro atoms. The second kappa shape index (κ2) is 11.3. The molecule has 3 N–H and O–H groups in total. The van der Waals surface area contributed by atoms with Crippen LogP contribution in [0.1, 0.15) is 46.0 Å². The first-order valence-electron chi connectivity index (χ1n) is 6.51. The third kappa shape index (κ3) is 12.5. The zero-order valence-corrected chi connectivity index (χ0v) is 11.6. The number of hydrogen-bond donors (Lipinski definition) is 3. The number of carbonyl (C=O) groups excluding carboxylic acids is 1. The first-order valence-corrected chi connectivity index (χ1v) is 6.51. The maximum atomic E-state index is 11.2. The molecule has 2 amide bonds. The van der Waals surface area contributed by atoms with Gasteiger partial charge in [0.15, 0.2) is 0 Å². The number of carbonyl (C=O) groups is 2. The Morgan fingerprint density at radius 1 is 1.11 bits per heavy atom. The van der Waals surface area contributed by atoms with Crippen molar-refractivity contribution in [1.82, 2.24) is 10.6 Å². The molecule has 110 valence electrons. The first-order chi connectivity index (χ1) is 9.06. The normalized spacial score (nSPS) is 10.9. The van der Waals surface area contributed by atoms with Crippen LogP contribution in [0.3, 0.4) is 0 Å². The predicted octanol–water partition coefficient (Wildman–Crippen LogP) is 2.33. The van der Waals surface area contributed by atoms with E-state index in [-0.39, 0.29) is 0 Å². The Morgan fingerprint density at radius 3 is 2.21 bits per heavy atom. The van der Waals surface area contributed by atoms with Crippen molar-refractivity contribution >= 4 is 17.9 Å². The van der Waals surface area contributed by atoms with Crippen LogP contribution in [0, 0.1) is 0 Å². The molecule has 19 heavy (non-hydrogen) atoms. The van der Waals surface area contributed by atoms with Gasteiger partial charge in [-0.25, -0.2) is 9.59 Å². The summed E-state index contributed by atoms with van der Waals surface area (Å²) in [5, 5.41) is 16.9. The molecule has 7 heteroatoms. The van der Waals surface area contributed by atoms with Crippen LogP contribution in [-0.4, -0.2) is 36.1 Å². The molecular formula is C12H23N3O4. The summed E-state index contributed by atoms with van der Waals surface area (Å²) in [4.78, 5) is 25.9. The SMILES string of the molecule is CCC(C)=NOC(=O)NCCCCCCNC(=O)O. The molecule has 0 atom stereocenters. The van der Waals surface area contributed by atoms with Crippen molar-refractivity contribution in [2.24, 2.45) is 5.16 Å². The molecule has 0 saturated heterocycles. The maximum Gasteiger partial charge on any atom is 0.433 e. The van der Waals surface area contributed by atoms with E-state index in [1.807, 2.05) is 6.92 Å². The largest absolute Gasteiger partial charge is 0.465 e. The van der Waals surface area contributed by atoms with E-state index in [0.717, 1.165) is 37.8 Å². The number of nitrogens with one attached hydrogen (secondary N) is 2. The molecule has 0 aromatic rings. The number of unbranched alkanes of at least 4 members (excludes halogenated alkanes) is 3. The van der Waals surface area contributed by atoms with Crippen molar-refractivity contribution in [1.29, 1.82) is 0 Å².